The van der Waals surface area contributed by atoms with Gasteiger partial charge in [0, 0.05) is 11.6 Å². The standard InChI is InChI=1S/C13H18ClNO2/c1-9(2)12(13(16)17-3)15-8-10-6-4-5-7-11(10)14/h4-7,9,12,15H,8H2,1-3H3. The number of halogens is 1. The molecule has 1 atom stereocenters. The lowest BCUT2D eigenvalue weighted by molar-refractivity contribution is -0.144. The number of carbonyl (C=O) groups is 1. The third-order valence-electron chi connectivity index (χ3n) is 2.59. The SMILES string of the molecule is COC(=O)C(NCc1ccccc1Cl)C(C)C. The van der Waals surface area contributed by atoms with Gasteiger partial charge in [-0.3, -0.25) is 4.79 Å². The van der Waals surface area contributed by atoms with Crippen LogP contribution in [0.25, 0.3) is 0 Å². The Kier molecular flexibility index (Phi) is 5.45. The number of carbonyl (C=O) groups excluding carboxylic acids is 1. The van der Waals surface area contributed by atoms with E-state index in [1.165, 1.54) is 7.11 Å². The third kappa shape index (κ3) is 4.02. The lowest BCUT2D eigenvalue weighted by Crippen LogP contribution is -2.41. The number of esters is 1. The number of ether oxygens (including phenoxy) is 1. The van der Waals surface area contributed by atoms with E-state index in [0.29, 0.717) is 11.6 Å². The van der Waals surface area contributed by atoms with E-state index in [9.17, 15) is 4.79 Å². The van der Waals surface area contributed by atoms with E-state index >= 15 is 0 Å². The van der Waals surface area contributed by atoms with Gasteiger partial charge in [-0.05, 0) is 17.5 Å². The molecule has 1 aromatic rings. The molecule has 0 amide bonds. The maximum Gasteiger partial charge on any atom is 0.323 e. The van der Waals surface area contributed by atoms with Crippen LogP contribution in [0, 0.1) is 5.92 Å². The van der Waals surface area contributed by atoms with Crippen LogP contribution in [0.2, 0.25) is 5.02 Å². The molecule has 4 heteroatoms. The summed E-state index contributed by atoms with van der Waals surface area (Å²) < 4.78 is 4.76. The molecule has 0 saturated heterocycles. The van der Waals surface area contributed by atoms with Crippen LogP contribution in [-0.4, -0.2) is 19.1 Å². The van der Waals surface area contributed by atoms with Gasteiger partial charge in [-0.1, -0.05) is 43.6 Å². The second-order valence-electron chi connectivity index (χ2n) is 4.22. The van der Waals surface area contributed by atoms with Gasteiger partial charge in [0.15, 0.2) is 0 Å². The minimum Gasteiger partial charge on any atom is -0.468 e. The number of benzene rings is 1. The molecule has 0 heterocycles. The van der Waals surface area contributed by atoms with Crippen molar-refractivity contribution in [3.63, 3.8) is 0 Å². The molecule has 0 aliphatic heterocycles. The first kappa shape index (κ1) is 14.0. The summed E-state index contributed by atoms with van der Waals surface area (Å²) >= 11 is 6.04. The monoisotopic (exact) mass is 255 g/mol. The fourth-order valence-electron chi connectivity index (χ4n) is 1.58. The topological polar surface area (TPSA) is 38.3 Å². The van der Waals surface area contributed by atoms with Crippen molar-refractivity contribution < 1.29 is 9.53 Å². The second kappa shape index (κ2) is 6.62. The van der Waals surface area contributed by atoms with Crippen LogP contribution in [0.3, 0.4) is 0 Å². The maximum absolute atomic E-state index is 11.5. The Balaban J connectivity index is 2.64. The van der Waals surface area contributed by atoms with Crippen molar-refractivity contribution in [1.29, 1.82) is 0 Å². The maximum atomic E-state index is 11.5. The molecule has 94 valence electrons. The molecule has 0 fully saturated rings. The van der Waals surface area contributed by atoms with Gasteiger partial charge in [0.2, 0.25) is 0 Å². The summed E-state index contributed by atoms with van der Waals surface area (Å²) in [5.74, 6) is -0.0722. The summed E-state index contributed by atoms with van der Waals surface area (Å²) in [5, 5.41) is 3.87. The van der Waals surface area contributed by atoms with Gasteiger partial charge in [0.25, 0.3) is 0 Å². The van der Waals surface area contributed by atoms with Gasteiger partial charge in [-0.25, -0.2) is 0 Å². The zero-order valence-electron chi connectivity index (χ0n) is 10.4. The van der Waals surface area contributed by atoms with Crippen LogP contribution in [0.1, 0.15) is 19.4 Å². The fraction of sp³-hybridized carbons (Fsp3) is 0.462. The Morgan fingerprint density at radius 2 is 2.06 bits per heavy atom. The van der Waals surface area contributed by atoms with Crippen molar-refractivity contribution in [1.82, 2.24) is 5.32 Å². The van der Waals surface area contributed by atoms with E-state index in [1.54, 1.807) is 0 Å². The van der Waals surface area contributed by atoms with Crippen molar-refractivity contribution >= 4 is 17.6 Å². The summed E-state index contributed by atoms with van der Waals surface area (Å²) in [5.41, 5.74) is 0.976. The Bertz CT molecular complexity index is 379. The van der Waals surface area contributed by atoms with Crippen LogP contribution >= 0.6 is 11.6 Å². The number of hydrogen-bond donors (Lipinski definition) is 1. The number of methoxy groups -OCH3 is 1. The van der Waals surface area contributed by atoms with E-state index in [2.05, 4.69) is 5.32 Å². The number of hydrogen-bond acceptors (Lipinski definition) is 3. The first-order valence-corrected chi connectivity index (χ1v) is 5.98. The predicted octanol–water partition coefficient (Wildman–Crippen LogP) is 2.63. The Hall–Kier alpha value is -1.06. The summed E-state index contributed by atoms with van der Waals surface area (Å²) in [6, 6.07) is 7.26. The van der Waals surface area contributed by atoms with Gasteiger partial charge >= 0.3 is 5.97 Å². The molecule has 0 radical (unpaired) electrons. The lowest BCUT2D eigenvalue weighted by atomic mass is 10.0. The number of rotatable bonds is 5. The van der Waals surface area contributed by atoms with Crippen molar-refractivity contribution in [2.75, 3.05) is 7.11 Å². The number of nitrogens with one attached hydrogen (secondary N) is 1. The minimum atomic E-state index is -0.309. The van der Waals surface area contributed by atoms with Gasteiger partial charge in [0.05, 0.1) is 7.11 Å². The van der Waals surface area contributed by atoms with Crippen LogP contribution in [0.15, 0.2) is 24.3 Å². The molecule has 0 aliphatic carbocycles. The first-order valence-electron chi connectivity index (χ1n) is 5.61. The Morgan fingerprint density at radius 3 is 2.59 bits per heavy atom. The van der Waals surface area contributed by atoms with E-state index in [1.807, 2.05) is 38.1 Å². The molecule has 1 rings (SSSR count). The summed E-state index contributed by atoms with van der Waals surface area (Å²) in [4.78, 5) is 11.5. The minimum absolute atomic E-state index is 0.171. The average molecular weight is 256 g/mol. The first-order chi connectivity index (χ1) is 8.06. The highest BCUT2D eigenvalue weighted by Gasteiger charge is 2.22. The summed E-state index contributed by atoms with van der Waals surface area (Å²) in [6.45, 7) is 4.50. The van der Waals surface area contributed by atoms with Crippen molar-refractivity contribution in [2.45, 2.75) is 26.4 Å². The zero-order valence-corrected chi connectivity index (χ0v) is 11.1. The molecule has 0 saturated carbocycles. The lowest BCUT2D eigenvalue weighted by Gasteiger charge is -2.20. The largest absolute Gasteiger partial charge is 0.468 e. The molecule has 0 spiro atoms. The summed E-state index contributed by atoms with van der Waals surface area (Å²) in [7, 11) is 1.40. The summed E-state index contributed by atoms with van der Waals surface area (Å²) in [6.07, 6.45) is 0. The molecular formula is C13H18ClNO2. The van der Waals surface area contributed by atoms with Crippen molar-refractivity contribution in [3.05, 3.63) is 34.9 Å². The molecule has 1 aromatic carbocycles. The normalized spacial score (nSPS) is 12.5. The van der Waals surface area contributed by atoms with Crippen LogP contribution in [-0.2, 0) is 16.1 Å². The smallest absolute Gasteiger partial charge is 0.323 e. The quantitative estimate of drug-likeness (QED) is 0.822. The highest BCUT2D eigenvalue weighted by Crippen LogP contribution is 2.15. The van der Waals surface area contributed by atoms with Crippen LogP contribution in [0.4, 0.5) is 0 Å². The highest BCUT2D eigenvalue weighted by molar-refractivity contribution is 6.31. The Labute approximate surface area is 107 Å². The fourth-order valence-corrected chi connectivity index (χ4v) is 1.78. The molecule has 0 aliphatic rings. The molecule has 17 heavy (non-hydrogen) atoms. The van der Waals surface area contributed by atoms with E-state index in [0.717, 1.165) is 5.56 Å². The Morgan fingerprint density at radius 1 is 1.41 bits per heavy atom. The molecule has 0 aromatic heterocycles. The average Bonchev–Trinajstić information content (AvgIpc) is 2.30. The van der Waals surface area contributed by atoms with Crippen LogP contribution < -0.4 is 5.32 Å². The zero-order chi connectivity index (χ0) is 12.8. The predicted molar refractivity (Wildman–Crippen MR) is 68.9 cm³/mol. The van der Waals surface area contributed by atoms with E-state index in [-0.39, 0.29) is 17.9 Å². The third-order valence-corrected chi connectivity index (χ3v) is 2.96. The van der Waals surface area contributed by atoms with E-state index in [4.69, 9.17) is 16.3 Å². The van der Waals surface area contributed by atoms with Crippen molar-refractivity contribution in [3.8, 4) is 0 Å². The van der Waals surface area contributed by atoms with Gasteiger partial charge in [0.1, 0.15) is 6.04 Å². The second-order valence-corrected chi connectivity index (χ2v) is 4.62. The van der Waals surface area contributed by atoms with Gasteiger partial charge < -0.3 is 10.1 Å². The van der Waals surface area contributed by atoms with Crippen LogP contribution in [0.5, 0.6) is 0 Å². The molecule has 3 nitrogen and oxygen atoms in total. The molecule has 1 N–H and O–H groups in total. The molecule has 1 unspecified atom stereocenters. The molecule has 0 bridgehead atoms. The van der Waals surface area contributed by atoms with E-state index < -0.39 is 0 Å². The van der Waals surface area contributed by atoms with Gasteiger partial charge in [-0.2, -0.15) is 0 Å². The van der Waals surface area contributed by atoms with Crippen molar-refractivity contribution in [2.24, 2.45) is 5.92 Å². The molecular weight excluding hydrogens is 238 g/mol. The van der Waals surface area contributed by atoms with Gasteiger partial charge in [-0.15, -0.1) is 0 Å². The highest BCUT2D eigenvalue weighted by atomic mass is 35.5.